The van der Waals surface area contributed by atoms with Crippen LogP contribution >= 0.6 is 0 Å². The summed E-state index contributed by atoms with van der Waals surface area (Å²) in [5, 5.41) is 4.52. The van der Waals surface area contributed by atoms with Crippen molar-refractivity contribution in [3.8, 4) is 11.5 Å². The summed E-state index contributed by atoms with van der Waals surface area (Å²) in [5.74, 6) is 1.27. The largest absolute Gasteiger partial charge is 0.497 e. The molecule has 27 heavy (non-hydrogen) atoms. The summed E-state index contributed by atoms with van der Waals surface area (Å²) in [6.45, 7) is 6.56. The van der Waals surface area contributed by atoms with E-state index in [4.69, 9.17) is 9.47 Å². The SMILES string of the molecule is COc1cc2c(c(OC)c1)[C@@](C)(c1c[nH]c3ccc(F)cc13)CC(C)(C)N2. The van der Waals surface area contributed by atoms with Gasteiger partial charge in [-0.15, -0.1) is 0 Å². The van der Waals surface area contributed by atoms with Crippen molar-refractivity contribution in [1.29, 1.82) is 0 Å². The highest BCUT2D eigenvalue weighted by Gasteiger charge is 2.45. The van der Waals surface area contributed by atoms with Crippen LogP contribution in [0.15, 0.2) is 36.5 Å². The lowest BCUT2D eigenvalue weighted by atomic mass is 9.65. The Kier molecular flexibility index (Phi) is 3.88. The van der Waals surface area contributed by atoms with Gasteiger partial charge in [-0.3, -0.25) is 0 Å². The van der Waals surface area contributed by atoms with Crippen molar-refractivity contribution in [2.24, 2.45) is 0 Å². The van der Waals surface area contributed by atoms with E-state index in [1.54, 1.807) is 26.4 Å². The third-order valence-corrected chi connectivity index (χ3v) is 5.59. The summed E-state index contributed by atoms with van der Waals surface area (Å²) in [4.78, 5) is 3.30. The molecular weight excluding hydrogens is 343 g/mol. The van der Waals surface area contributed by atoms with Gasteiger partial charge >= 0.3 is 0 Å². The van der Waals surface area contributed by atoms with E-state index in [0.29, 0.717) is 0 Å². The van der Waals surface area contributed by atoms with Crippen molar-refractivity contribution in [3.05, 3.63) is 53.5 Å². The molecule has 0 saturated carbocycles. The Morgan fingerprint density at radius 3 is 2.52 bits per heavy atom. The average molecular weight is 368 g/mol. The van der Waals surface area contributed by atoms with Crippen LogP contribution in [0.1, 0.15) is 38.3 Å². The summed E-state index contributed by atoms with van der Waals surface area (Å²) < 4.78 is 25.2. The molecule has 0 spiro atoms. The molecular formula is C22H25FN2O2. The molecule has 3 aromatic rings. The van der Waals surface area contributed by atoms with Gasteiger partial charge in [0.25, 0.3) is 0 Å². The Morgan fingerprint density at radius 1 is 1.04 bits per heavy atom. The summed E-state index contributed by atoms with van der Waals surface area (Å²) in [7, 11) is 3.32. The molecule has 4 nitrogen and oxygen atoms in total. The van der Waals surface area contributed by atoms with Crippen molar-refractivity contribution in [3.63, 3.8) is 0 Å². The minimum absolute atomic E-state index is 0.157. The molecule has 1 atom stereocenters. The molecule has 4 rings (SSSR count). The monoisotopic (exact) mass is 368 g/mol. The normalized spacial score (nSPS) is 20.8. The number of H-pyrrole nitrogens is 1. The van der Waals surface area contributed by atoms with Crippen LogP contribution in [-0.2, 0) is 5.41 Å². The van der Waals surface area contributed by atoms with Gasteiger partial charge in [0, 0.05) is 51.4 Å². The molecule has 0 saturated heterocycles. The van der Waals surface area contributed by atoms with Crippen LogP contribution in [0.4, 0.5) is 10.1 Å². The molecule has 1 aliphatic rings. The Labute approximate surface area is 158 Å². The highest BCUT2D eigenvalue weighted by molar-refractivity contribution is 5.86. The van der Waals surface area contributed by atoms with Crippen LogP contribution < -0.4 is 14.8 Å². The van der Waals surface area contributed by atoms with Gasteiger partial charge in [-0.2, -0.15) is 0 Å². The van der Waals surface area contributed by atoms with E-state index in [0.717, 1.165) is 45.6 Å². The Balaban J connectivity index is 2.04. The minimum Gasteiger partial charge on any atom is -0.497 e. The molecule has 142 valence electrons. The topological polar surface area (TPSA) is 46.3 Å². The fraction of sp³-hybridized carbons (Fsp3) is 0.364. The number of halogens is 1. The lowest BCUT2D eigenvalue weighted by Crippen LogP contribution is -2.45. The average Bonchev–Trinajstić information content (AvgIpc) is 3.03. The molecule has 2 aromatic carbocycles. The number of hydrogen-bond donors (Lipinski definition) is 2. The first-order valence-corrected chi connectivity index (χ1v) is 9.09. The molecule has 1 aliphatic heterocycles. The summed E-state index contributed by atoms with van der Waals surface area (Å²) in [5.41, 5.74) is 3.52. The van der Waals surface area contributed by atoms with E-state index >= 15 is 0 Å². The fourth-order valence-electron chi connectivity index (χ4n) is 4.70. The zero-order chi connectivity index (χ0) is 19.4. The molecule has 0 amide bonds. The van der Waals surface area contributed by atoms with Gasteiger partial charge < -0.3 is 19.8 Å². The quantitative estimate of drug-likeness (QED) is 0.666. The van der Waals surface area contributed by atoms with Crippen molar-refractivity contribution >= 4 is 16.6 Å². The van der Waals surface area contributed by atoms with Crippen LogP contribution in [0.5, 0.6) is 11.5 Å². The van der Waals surface area contributed by atoms with E-state index in [2.05, 4.69) is 31.1 Å². The first-order valence-electron chi connectivity index (χ1n) is 9.09. The second-order valence-corrected chi connectivity index (χ2v) is 8.16. The summed E-state index contributed by atoms with van der Waals surface area (Å²) >= 11 is 0. The van der Waals surface area contributed by atoms with Crippen molar-refractivity contribution in [2.75, 3.05) is 19.5 Å². The van der Waals surface area contributed by atoms with Gasteiger partial charge in [0.15, 0.2) is 0 Å². The number of nitrogens with one attached hydrogen (secondary N) is 2. The van der Waals surface area contributed by atoms with Gasteiger partial charge in [-0.05, 0) is 44.0 Å². The van der Waals surface area contributed by atoms with Gasteiger partial charge in [-0.25, -0.2) is 4.39 Å². The maximum absolute atomic E-state index is 14.0. The predicted octanol–water partition coefficient (Wildman–Crippen LogP) is 5.22. The number of aromatic nitrogens is 1. The molecule has 5 heteroatoms. The third kappa shape index (κ3) is 2.73. The molecule has 0 unspecified atom stereocenters. The lowest BCUT2D eigenvalue weighted by molar-refractivity contribution is 0.346. The number of hydrogen-bond acceptors (Lipinski definition) is 3. The van der Waals surface area contributed by atoms with E-state index in [1.807, 2.05) is 18.3 Å². The number of benzene rings is 2. The van der Waals surface area contributed by atoms with Crippen molar-refractivity contribution in [1.82, 2.24) is 4.98 Å². The number of ether oxygens (including phenoxy) is 2. The molecule has 2 heterocycles. The first-order chi connectivity index (χ1) is 12.8. The number of anilines is 1. The number of fused-ring (bicyclic) bond motifs is 2. The van der Waals surface area contributed by atoms with Crippen LogP contribution in [0.2, 0.25) is 0 Å². The summed E-state index contributed by atoms with van der Waals surface area (Å²) in [6.07, 6.45) is 2.83. The van der Waals surface area contributed by atoms with E-state index in [-0.39, 0.29) is 16.8 Å². The van der Waals surface area contributed by atoms with Gasteiger partial charge in [-0.1, -0.05) is 6.92 Å². The zero-order valence-electron chi connectivity index (χ0n) is 16.4. The van der Waals surface area contributed by atoms with Gasteiger partial charge in [0.2, 0.25) is 0 Å². The molecule has 0 aliphatic carbocycles. The lowest BCUT2D eigenvalue weighted by Gasteiger charge is -2.46. The highest BCUT2D eigenvalue weighted by Crippen LogP contribution is 2.53. The van der Waals surface area contributed by atoms with E-state index < -0.39 is 0 Å². The zero-order valence-corrected chi connectivity index (χ0v) is 16.4. The molecule has 0 bridgehead atoms. The second kappa shape index (κ2) is 5.91. The maximum atomic E-state index is 14.0. The standard InChI is InChI=1S/C22H25FN2O2/c1-21(2)12-22(3,16-11-24-17-7-6-13(23)8-15(16)17)20-18(25-21)9-14(26-4)10-19(20)27-5/h6-11,24-25H,12H2,1-5H3/t22-/m1/s1. The number of aromatic amines is 1. The van der Waals surface area contributed by atoms with Crippen molar-refractivity contribution in [2.45, 2.75) is 38.1 Å². The fourth-order valence-corrected chi connectivity index (χ4v) is 4.70. The van der Waals surface area contributed by atoms with Crippen LogP contribution in [0.25, 0.3) is 10.9 Å². The summed E-state index contributed by atoms with van der Waals surface area (Å²) in [6, 6.07) is 8.79. The first kappa shape index (κ1) is 17.7. The van der Waals surface area contributed by atoms with Crippen LogP contribution in [0.3, 0.4) is 0 Å². The molecule has 1 aromatic heterocycles. The number of methoxy groups -OCH3 is 2. The van der Waals surface area contributed by atoms with Crippen LogP contribution in [0, 0.1) is 5.82 Å². The number of rotatable bonds is 3. The van der Waals surface area contributed by atoms with Gasteiger partial charge in [0.1, 0.15) is 17.3 Å². The Bertz CT molecular complexity index is 1020. The third-order valence-electron chi connectivity index (χ3n) is 5.59. The Hall–Kier alpha value is -2.69. The molecule has 0 fully saturated rings. The maximum Gasteiger partial charge on any atom is 0.128 e. The minimum atomic E-state index is -0.367. The predicted molar refractivity (Wildman–Crippen MR) is 107 cm³/mol. The van der Waals surface area contributed by atoms with Crippen molar-refractivity contribution < 1.29 is 13.9 Å². The van der Waals surface area contributed by atoms with E-state index in [9.17, 15) is 4.39 Å². The molecule has 2 N–H and O–H groups in total. The second-order valence-electron chi connectivity index (χ2n) is 8.16. The van der Waals surface area contributed by atoms with E-state index in [1.165, 1.54) is 6.07 Å². The van der Waals surface area contributed by atoms with Gasteiger partial charge in [0.05, 0.1) is 14.2 Å². The Morgan fingerprint density at radius 2 is 1.81 bits per heavy atom. The smallest absolute Gasteiger partial charge is 0.128 e. The van der Waals surface area contributed by atoms with Crippen LogP contribution in [-0.4, -0.2) is 24.7 Å². The molecule has 0 radical (unpaired) electrons. The highest BCUT2D eigenvalue weighted by atomic mass is 19.1.